The van der Waals surface area contributed by atoms with Crippen LogP contribution in [-0.2, 0) is 12.8 Å². The van der Waals surface area contributed by atoms with Crippen molar-refractivity contribution in [3.63, 3.8) is 0 Å². The summed E-state index contributed by atoms with van der Waals surface area (Å²) in [5.41, 5.74) is 6.79. The van der Waals surface area contributed by atoms with Gasteiger partial charge in [0.05, 0.1) is 0 Å². The summed E-state index contributed by atoms with van der Waals surface area (Å²) in [6.45, 7) is 0. The molecule has 2 unspecified atom stereocenters. The molecule has 0 saturated heterocycles. The third kappa shape index (κ3) is 1.38. The van der Waals surface area contributed by atoms with E-state index in [0.717, 1.165) is 11.8 Å². The van der Waals surface area contributed by atoms with Crippen molar-refractivity contribution in [1.29, 1.82) is 0 Å². The van der Waals surface area contributed by atoms with E-state index >= 15 is 0 Å². The SMILES string of the molecule is c1cc2c3c(cc4c(c3c1)CCCC4)C1CCCCC21. The minimum atomic E-state index is 0.839. The average Bonchev–Trinajstić information content (AvgIpc) is 2.84. The lowest BCUT2D eigenvalue weighted by Gasteiger charge is -2.27. The summed E-state index contributed by atoms with van der Waals surface area (Å²) in [4.78, 5) is 0. The standard InChI is InChI=1S/C20H22/c1-2-7-14-13(6-1)12-19-16-9-4-3-8-15(16)18-11-5-10-17(14)20(18)19/h5,10-12,15-16H,1-4,6-9H2. The molecule has 5 rings (SSSR count). The third-order valence-corrected chi connectivity index (χ3v) is 6.12. The van der Waals surface area contributed by atoms with E-state index in [1.165, 1.54) is 51.4 Å². The minimum Gasteiger partial charge on any atom is -0.0613 e. The molecular formula is C20H22. The molecule has 0 bridgehead atoms. The van der Waals surface area contributed by atoms with E-state index in [1.807, 2.05) is 0 Å². The third-order valence-electron chi connectivity index (χ3n) is 6.12. The van der Waals surface area contributed by atoms with E-state index in [9.17, 15) is 0 Å². The van der Waals surface area contributed by atoms with Crippen molar-refractivity contribution in [2.75, 3.05) is 0 Å². The van der Waals surface area contributed by atoms with Crippen molar-refractivity contribution in [3.05, 3.63) is 46.5 Å². The fourth-order valence-electron chi connectivity index (χ4n) is 5.28. The van der Waals surface area contributed by atoms with Crippen LogP contribution in [0.15, 0.2) is 24.3 Å². The van der Waals surface area contributed by atoms with Crippen molar-refractivity contribution in [2.24, 2.45) is 0 Å². The first-order valence-corrected chi connectivity index (χ1v) is 8.51. The van der Waals surface area contributed by atoms with Gasteiger partial charge < -0.3 is 0 Å². The van der Waals surface area contributed by atoms with Gasteiger partial charge in [0.25, 0.3) is 0 Å². The summed E-state index contributed by atoms with van der Waals surface area (Å²) in [6.07, 6.45) is 11.1. The van der Waals surface area contributed by atoms with E-state index in [4.69, 9.17) is 0 Å². The van der Waals surface area contributed by atoms with Crippen LogP contribution in [-0.4, -0.2) is 0 Å². The Kier molecular flexibility index (Phi) is 2.33. The molecule has 1 saturated carbocycles. The molecule has 3 aliphatic carbocycles. The van der Waals surface area contributed by atoms with Crippen LogP contribution >= 0.6 is 0 Å². The quantitative estimate of drug-likeness (QED) is 0.590. The van der Waals surface area contributed by atoms with E-state index in [2.05, 4.69) is 24.3 Å². The number of fused-ring (bicyclic) bond motifs is 5. The van der Waals surface area contributed by atoms with Gasteiger partial charge in [0, 0.05) is 0 Å². The van der Waals surface area contributed by atoms with Crippen molar-refractivity contribution >= 4 is 10.8 Å². The average molecular weight is 262 g/mol. The van der Waals surface area contributed by atoms with Crippen molar-refractivity contribution in [3.8, 4) is 0 Å². The highest BCUT2D eigenvalue weighted by molar-refractivity contribution is 5.95. The zero-order chi connectivity index (χ0) is 13.1. The summed E-state index contributed by atoms with van der Waals surface area (Å²) in [7, 11) is 0. The van der Waals surface area contributed by atoms with Crippen LogP contribution in [0, 0.1) is 0 Å². The Hall–Kier alpha value is -1.30. The maximum atomic E-state index is 2.62. The lowest BCUT2D eigenvalue weighted by atomic mass is 9.77. The van der Waals surface area contributed by atoms with Gasteiger partial charge >= 0.3 is 0 Å². The van der Waals surface area contributed by atoms with Gasteiger partial charge in [-0.15, -0.1) is 0 Å². The van der Waals surface area contributed by atoms with E-state index < -0.39 is 0 Å². The normalized spacial score (nSPS) is 27.4. The van der Waals surface area contributed by atoms with Crippen LogP contribution in [0.5, 0.6) is 0 Å². The molecule has 102 valence electrons. The lowest BCUT2D eigenvalue weighted by Crippen LogP contribution is -2.11. The van der Waals surface area contributed by atoms with E-state index in [0.29, 0.717) is 0 Å². The van der Waals surface area contributed by atoms with Crippen LogP contribution in [0.2, 0.25) is 0 Å². The maximum Gasteiger partial charge on any atom is -0.00865 e. The molecule has 20 heavy (non-hydrogen) atoms. The Morgan fingerprint density at radius 1 is 0.800 bits per heavy atom. The van der Waals surface area contributed by atoms with Gasteiger partial charge in [0.1, 0.15) is 0 Å². The molecule has 1 fully saturated rings. The highest BCUT2D eigenvalue weighted by Gasteiger charge is 2.36. The molecule has 2 aromatic carbocycles. The Bertz CT molecular complexity index is 695. The van der Waals surface area contributed by atoms with Crippen molar-refractivity contribution in [1.82, 2.24) is 0 Å². The van der Waals surface area contributed by atoms with Gasteiger partial charge in [-0.05, 0) is 83.4 Å². The summed E-state index contributed by atoms with van der Waals surface area (Å²) in [5, 5.41) is 3.29. The first-order chi connectivity index (χ1) is 9.93. The minimum absolute atomic E-state index is 0.839. The molecule has 2 aromatic rings. The molecule has 3 aliphatic rings. The Labute approximate surface area is 121 Å². The molecular weight excluding hydrogens is 240 g/mol. The second-order valence-corrected chi connectivity index (χ2v) is 7.08. The summed E-state index contributed by atoms with van der Waals surface area (Å²) < 4.78 is 0. The van der Waals surface area contributed by atoms with Crippen LogP contribution in [0.4, 0.5) is 0 Å². The second-order valence-electron chi connectivity index (χ2n) is 7.08. The monoisotopic (exact) mass is 262 g/mol. The summed E-state index contributed by atoms with van der Waals surface area (Å²) in [5.74, 6) is 1.68. The van der Waals surface area contributed by atoms with Gasteiger partial charge in [0.2, 0.25) is 0 Å². The zero-order valence-electron chi connectivity index (χ0n) is 12.1. The Morgan fingerprint density at radius 3 is 2.50 bits per heavy atom. The maximum absolute atomic E-state index is 2.62. The number of hydrogen-bond acceptors (Lipinski definition) is 0. The molecule has 0 nitrogen and oxygen atoms in total. The molecule has 0 spiro atoms. The van der Waals surface area contributed by atoms with Gasteiger partial charge in [0.15, 0.2) is 0 Å². The largest absolute Gasteiger partial charge is 0.0613 e. The number of hydrogen-bond donors (Lipinski definition) is 0. The van der Waals surface area contributed by atoms with Crippen LogP contribution in [0.3, 0.4) is 0 Å². The fraction of sp³-hybridized carbons (Fsp3) is 0.500. The molecule has 0 heterocycles. The second kappa shape index (κ2) is 4.10. The van der Waals surface area contributed by atoms with Gasteiger partial charge in [-0.3, -0.25) is 0 Å². The summed E-state index contributed by atoms with van der Waals surface area (Å²) in [6, 6.07) is 9.78. The summed E-state index contributed by atoms with van der Waals surface area (Å²) >= 11 is 0. The smallest absolute Gasteiger partial charge is 0.00865 e. The van der Waals surface area contributed by atoms with Gasteiger partial charge in [-0.2, -0.15) is 0 Å². The van der Waals surface area contributed by atoms with E-state index in [-0.39, 0.29) is 0 Å². The molecule has 0 amide bonds. The van der Waals surface area contributed by atoms with Crippen molar-refractivity contribution < 1.29 is 0 Å². The van der Waals surface area contributed by atoms with Crippen molar-refractivity contribution in [2.45, 2.75) is 63.2 Å². The van der Waals surface area contributed by atoms with E-state index in [1.54, 1.807) is 33.0 Å². The number of aryl methyl sites for hydroxylation is 2. The molecule has 2 atom stereocenters. The molecule has 0 aliphatic heterocycles. The van der Waals surface area contributed by atoms with Crippen LogP contribution < -0.4 is 0 Å². The lowest BCUT2D eigenvalue weighted by molar-refractivity contribution is 0.400. The fourth-order valence-corrected chi connectivity index (χ4v) is 5.28. The highest BCUT2D eigenvalue weighted by Crippen LogP contribution is 2.54. The molecule has 0 heteroatoms. The topological polar surface area (TPSA) is 0 Å². The molecule has 0 N–H and O–H groups in total. The van der Waals surface area contributed by atoms with Crippen LogP contribution in [0.25, 0.3) is 10.8 Å². The number of benzene rings is 2. The van der Waals surface area contributed by atoms with Gasteiger partial charge in [-0.1, -0.05) is 37.1 Å². The zero-order valence-corrected chi connectivity index (χ0v) is 12.1. The molecule has 0 aromatic heterocycles. The first kappa shape index (κ1) is 11.4. The van der Waals surface area contributed by atoms with Gasteiger partial charge in [-0.25, -0.2) is 0 Å². The Balaban J connectivity index is 1.85. The predicted octanol–water partition coefficient (Wildman–Crippen LogP) is 5.47. The first-order valence-electron chi connectivity index (χ1n) is 8.51. The number of rotatable bonds is 0. The van der Waals surface area contributed by atoms with Crippen LogP contribution in [0.1, 0.15) is 72.6 Å². The molecule has 0 radical (unpaired) electrons. The Morgan fingerprint density at radius 2 is 1.60 bits per heavy atom. The predicted molar refractivity (Wildman–Crippen MR) is 84.5 cm³/mol. The highest BCUT2D eigenvalue weighted by atomic mass is 14.4.